The zero-order valence-electron chi connectivity index (χ0n) is 12.1. The second-order valence-electron chi connectivity index (χ2n) is 5.89. The lowest BCUT2D eigenvalue weighted by atomic mass is 9.93. The zero-order valence-corrected chi connectivity index (χ0v) is 12.1. The number of ether oxygens (including phenoxy) is 1. The molecule has 0 radical (unpaired) electrons. The molecule has 1 fully saturated rings. The molecule has 1 N–H and O–H groups in total. The van der Waals surface area contributed by atoms with Crippen molar-refractivity contribution in [1.29, 1.82) is 0 Å². The van der Waals surface area contributed by atoms with E-state index in [0.29, 0.717) is 0 Å². The maximum absolute atomic E-state index is 5.47. The molecule has 0 atom stereocenters. The molecule has 17 heavy (non-hydrogen) atoms. The molecule has 1 saturated heterocycles. The second kappa shape index (κ2) is 7.34. The van der Waals surface area contributed by atoms with Gasteiger partial charge in [0.15, 0.2) is 0 Å². The molecule has 1 heterocycles. The molecule has 0 amide bonds. The zero-order chi connectivity index (χ0) is 12.7. The highest BCUT2D eigenvalue weighted by atomic mass is 16.5. The molecule has 0 spiro atoms. The van der Waals surface area contributed by atoms with Crippen LogP contribution in [0.25, 0.3) is 0 Å². The van der Waals surface area contributed by atoms with Crippen LogP contribution < -0.4 is 5.32 Å². The summed E-state index contributed by atoms with van der Waals surface area (Å²) in [5.74, 6) is 0.939. The van der Waals surface area contributed by atoms with Crippen molar-refractivity contribution in [1.82, 2.24) is 10.2 Å². The van der Waals surface area contributed by atoms with E-state index >= 15 is 0 Å². The predicted octanol–water partition coefficient (Wildman–Crippen LogP) is 2.12. The molecular formula is C14H30N2O. The number of likely N-dealkylation sites (tertiary alicyclic amines) is 1. The Labute approximate surface area is 107 Å². The van der Waals surface area contributed by atoms with Crippen molar-refractivity contribution in [2.24, 2.45) is 5.92 Å². The topological polar surface area (TPSA) is 24.5 Å². The molecule has 0 unspecified atom stereocenters. The Morgan fingerprint density at radius 3 is 2.47 bits per heavy atom. The number of piperidine rings is 1. The van der Waals surface area contributed by atoms with E-state index in [1.807, 2.05) is 14.2 Å². The lowest BCUT2D eigenvalue weighted by Crippen LogP contribution is -2.38. The van der Waals surface area contributed by atoms with Gasteiger partial charge < -0.3 is 15.0 Å². The number of hydrogen-bond donors (Lipinski definition) is 1. The summed E-state index contributed by atoms with van der Waals surface area (Å²) >= 11 is 0. The smallest absolute Gasteiger partial charge is 0.0634 e. The van der Waals surface area contributed by atoms with Gasteiger partial charge in [-0.1, -0.05) is 0 Å². The van der Waals surface area contributed by atoms with Gasteiger partial charge in [0.05, 0.1) is 5.60 Å². The molecule has 0 aliphatic carbocycles. The van der Waals surface area contributed by atoms with Crippen LogP contribution in [0.4, 0.5) is 0 Å². The van der Waals surface area contributed by atoms with Gasteiger partial charge in [0, 0.05) is 13.7 Å². The molecular weight excluding hydrogens is 212 g/mol. The van der Waals surface area contributed by atoms with E-state index in [0.717, 1.165) is 12.3 Å². The van der Waals surface area contributed by atoms with Gasteiger partial charge in [-0.2, -0.15) is 0 Å². The highest BCUT2D eigenvalue weighted by Gasteiger charge is 2.22. The Balaban J connectivity index is 2.15. The number of hydrogen-bond acceptors (Lipinski definition) is 3. The Morgan fingerprint density at radius 2 is 1.94 bits per heavy atom. The fraction of sp³-hybridized carbons (Fsp3) is 1.00. The Kier molecular flexibility index (Phi) is 6.45. The maximum Gasteiger partial charge on any atom is 0.0634 e. The van der Waals surface area contributed by atoms with Gasteiger partial charge in [0.25, 0.3) is 0 Å². The summed E-state index contributed by atoms with van der Waals surface area (Å²) in [4.78, 5) is 2.59. The van der Waals surface area contributed by atoms with E-state index in [4.69, 9.17) is 4.74 Å². The van der Waals surface area contributed by atoms with Gasteiger partial charge >= 0.3 is 0 Å². The first-order chi connectivity index (χ1) is 8.07. The Hall–Kier alpha value is -0.120. The quantitative estimate of drug-likeness (QED) is 0.740. The summed E-state index contributed by atoms with van der Waals surface area (Å²) in [7, 11) is 3.85. The largest absolute Gasteiger partial charge is 0.379 e. The number of nitrogens with zero attached hydrogens (tertiary/aromatic N) is 1. The van der Waals surface area contributed by atoms with Crippen LogP contribution in [0.3, 0.4) is 0 Å². The SMILES string of the molecule is CNCCC1CCN(CCC(C)(C)OC)CC1. The molecule has 0 aromatic heterocycles. The minimum atomic E-state index is 0.0307. The molecule has 102 valence electrons. The minimum Gasteiger partial charge on any atom is -0.379 e. The summed E-state index contributed by atoms with van der Waals surface area (Å²) in [6, 6.07) is 0. The third kappa shape index (κ3) is 5.84. The van der Waals surface area contributed by atoms with Crippen LogP contribution in [0.15, 0.2) is 0 Å². The van der Waals surface area contributed by atoms with Gasteiger partial charge in [-0.15, -0.1) is 0 Å². The molecule has 1 aliphatic heterocycles. The lowest BCUT2D eigenvalue weighted by molar-refractivity contribution is 0.00480. The van der Waals surface area contributed by atoms with Crippen LogP contribution in [0.2, 0.25) is 0 Å². The first kappa shape index (κ1) is 14.9. The standard InChI is InChI=1S/C14H30N2O/c1-14(2,17-4)8-12-16-10-6-13(7-11-16)5-9-15-3/h13,15H,5-12H2,1-4H3. The first-order valence-electron chi connectivity index (χ1n) is 6.99. The fourth-order valence-electron chi connectivity index (χ4n) is 2.38. The summed E-state index contributed by atoms with van der Waals surface area (Å²) < 4.78 is 5.47. The number of nitrogens with one attached hydrogen (secondary N) is 1. The van der Waals surface area contributed by atoms with Gasteiger partial charge in [0.2, 0.25) is 0 Å². The first-order valence-corrected chi connectivity index (χ1v) is 6.99. The van der Waals surface area contributed by atoms with E-state index in [1.54, 1.807) is 0 Å². The minimum absolute atomic E-state index is 0.0307. The van der Waals surface area contributed by atoms with Crippen molar-refractivity contribution in [2.45, 2.75) is 45.1 Å². The van der Waals surface area contributed by atoms with Gasteiger partial charge in [0.1, 0.15) is 0 Å². The molecule has 3 heteroatoms. The molecule has 0 bridgehead atoms. The fourth-order valence-corrected chi connectivity index (χ4v) is 2.38. The van der Waals surface area contributed by atoms with Crippen LogP contribution >= 0.6 is 0 Å². The van der Waals surface area contributed by atoms with Crippen LogP contribution in [0, 0.1) is 5.92 Å². The molecule has 3 nitrogen and oxygen atoms in total. The normalized spacial score (nSPS) is 19.8. The van der Waals surface area contributed by atoms with Crippen LogP contribution in [-0.4, -0.2) is 50.8 Å². The van der Waals surface area contributed by atoms with Crippen molar-refractivity contribution in [3.8, 4) is 0 Å². The van der Waals surface area contributed by atoms with Gasteiger partial charge in [-0.25, -0.2) is 0 Å². The van der Waals surface area contributed by atoms with Crippen molar-refractivity contribution < 1.29 is 4.74 Å². The van der Waals surface area contributed by atoms with Crippen molar-refractivity contribution in [3.05, 3.63) is 0 Å². The molecule has 0 saturated carbocycles. The maximum atomic E-state index is 5.47. The molecule has 0 aromatic carbocycles. The third-order valence-electron chi connectivity index (χ3n) is 4.09. The van der Waals surface area contributed by atoms with E-state index in [2.05, 4.69) is 24.1 Å². The van der Waals surface area contributed by atoms with Crippen molar-refractivity contribution >= 4 is 0 Å². The monoisotopic (exact) mass is 242 g/mol. The van der Waals surface area contributed by atoms with Crippen molar-refractivity contribution in [3.63, 3.8) is 0 Å². The average molecular weight is 242 g/mol. The number of rotatable bonds is 7. The summed E-state index contributed by atoms with van der Waals surface area (Å²) in [5.41, 5.74) is 0.0307. The summed E-state index contributed by atoms with van der Waals surface area (Å²) in [6.45, 7) is 9.24. The summed E-state index contributed by atoms with van der Waals surface area (Å²) in [5, 5.41) is 3.25. The molecule has 0 aromatic rings. The van der Waals surface area contributed by atoms with Gasteiger partial charge in [-0.3, -0.25) is 0 Å². The van der Waals surface area contributed by atoms with E-state index < -0.39 is 0 Å². The molecule has 1 aliphatic rings. The van der Waals surface area contributed by atoms with E-state index in [9.17, 15) is 0 Å². The summed E-state index contributed by atoms with van der Waals surface area (Å²) in [6.07, 6.45) is 5.21. The Bertz CT molecular complexity index is 198. The highest BCUT2D eigenvalue weighted by Crippen LogP contribution is 2.21. The van der Waals surface area contributed by atoms with E-state index in [1.165, 1.54) is 45.4 Å². The molecule has 1 rings (SSSR count). The van der Waals surface area contributed by atoms with Crippen LogP contribution in [0.5, 0.6) is 0 Å². The highest BCUT2D eigenvalue weighted by molar-refractivity contribution is 4.76. The second-order valence-corrected chi connectivity index (χ2v) is 5.89. The lowest BCUT2D eigenvalue weighted by Gasteiger charge is -2.34. The average Bonchev–Trinajstić information content (AvgIpc) is 2.35. The number of methoxy groups -OCH3 is 1. The van der Waals surface area contributed by atoms with E-state index in [-0.39, 0.29) is 5.60 Å². The Morgan fingerprint density at radius 1 is 1.29 bits per heavy atom. The van der Waals surface area contributed by atoms with Crippen LogP contribution in [0.1, 0.15) is 39.5 Å². The van der Waals surface area contributed by atoms with Crippen molar-refractivity contribution in [2.75, 3.05) is 40.3 Å². The van der Waals surface area contributed by atoms with Gasteiger partial charge in [-0.05, 0) is 72.1 Å². The predicted molar refractivity (Wildman–Crippen MR) is 73.4 cm³/mol. The third-order valence-corrected chi connectivity index (χ3v) is 4.09. The van der Waals surface area contributed by atoms with Crippen LogP contribution in [-0.2, 0) is 4.74 Å².